The Hall–Kier alpha value is -1.47. The van der Waals surface area contributed by atoms with Gasteiger partial charge in [0.2, 0.25) is 15.9 Å². The number of amides is 1. The monoisotopic (exact) mass is 286 g/mol. The molecule has 1 aromatic rings. The van der Waals surface area contributed by atoms with E-state index in [4.69, 9.17) is 5.14 Å². The first kappa shape index (κ1) is 14.0. The summed E-state index contributed by atoms with van der Waals surface area (Å²) >= 11 is 0. The lowest BCUT2D eigenvalue weighted by molar-refractivity contribution is -0.117. The van der Waals surface area contributed by atoms with Crippen LogP contribution in [0.15, 0.2) is 23.1 Å². The lowest BCUT2D eigenvalue weighted by Gasteiger charge is -2.24. The number of hydrogen-bond donors (Lipinski definition) is 2. The van der Waals surface area contributed by atoms with Gasteiger partial charge in [-0.05, 0) is 37.0 Å². The van der Waals surface area contributed by atoms with Gasteiger partial charge in [-0.25, -0.2) is 17.9 Å². The summed E-state index contributed by atoms with van der Waals surface area (Å²) in [5.41, 5.74) is -0.105. The van der Waals surface area contributed by atoms with Crippen molar-refractivity contribution in [2.24, 2.45) is 11.1 Å². The average molecular weight is 286 g/mol. The van der Waals surface area contributed by atoms with Crippen molar-refractivity contribution in [3.63, 3.8) is 0 Å². The van der Waals surface area contributed by atoms with E-state index in [-0.39, 0.29) is 16.5 Å². The van der Waals surface area contributed by atoms with Crippen LogP contribution in [-0.2, 0) is 14.8 Å². The van der Waals surface area contributed by atoms with Crippen LogP contribution in [0.4, 0.5) is 10.1 Å². The van der Waals surface area contributed by atoms with Gasteiger partial charge in [0.25, 0.3) is 0 Å². The highest BCUT2D eigenvalue weighted by Gasteiger charge is 2.22. The van der Waals surface area contributed by atoms with Gasteiger partial charge < -0.3 is 5.32 Å². The van der Waals surface area contributed by atoms with Gasteiger partial charge in [-0.2, -0.15) is 0 Å². The zero-order chi connectivity index (χ0) is 14.0. The van der Waals surface area contributed by atoms with Gasteiger partial charge in [0.15, 0.2) is 0 Å². The Morgan fingerprint density at radius 2 is 2.11 bits per heavy atom. The second-order valence-electron chi connectivity index (χ2n) is 4.73. The Labute approximate surface area is 111 Å². The molecule has 7 heteroatoms. The fourth-order valence-electron chi connectivity index (χ4n) is 2.01. The third-order valence-corrected chi connectivity index (χ3v) is 4.19. The van der Waals surface area contributed by atoms with Gasteiger partial charge >= 0.3 is 0 Å². The van der Waals surface area contributed by atoms with Crippen molar-refractivity contribution in [2.45, 2.75) is 30.6 Å². The van der Waals surface area contributed by atoms with Crippen LogP contribution in [-0.4, -0.2) is 14.3 Å². The number of carbonyl (C=O) groups excluding carboxylic acids is 1. The van der Waals surface area contributed by atoms with Gasteiger partial charge in [0.05, 0.1) is 5.69 Å². The molecule has 1 fully saturated rings. The summed E-state index contributed by atoms with van der Waals surface area (Å²) in [7, 11) is -4.00. The molecule has 0 heterocycles. The van der Waals surface area contributed by atoms with Crippen molar-refractivity contribution in [1.29, 1.82) is 0 Å². The van der Waals surface area contributed by atoms with E-state index in [1.165, 1.54) is 0 Å². The lowest BCUT2D eigenvalue weighted by Crippen LogP contribution is -2.23. The molecule has 1 aliphatic carbocycles. The van der Waals surface area contributed by atoms with Crippen LogP contribution in [0.1, 0.15) is 25.7 Å². The van der Waals surface area contributed by atoms with Crippen LogP contribution < -0.4 is 10.5 Å². The number of hydrogen-bond acceptors (Lipinski definition) is 3. The Kier molecular flexibility index (Phi) is 3.86. The maximum atomic E-state index is 13.1. The minimum absolute atomic E-state index is 0.105. The Morgan fingerprint density at radius 3 is 2.63 bits per heavy atom. The molecule has 0 bridgehead atoms. The number of sulfonamides is 1. The Morgan fingerprint density at radius 1 is 1.42 bits per heavy atom. The topological polar surface area (TPSA) is 89.3 Å². The molecule has 0 spiro atoms. The first-order valence-corrected chi connectivity index (χ1v) is 7.53. The molecule has 2 rings (SSSR count). The standard InChI is InChI=1S/C12H15FN2O3S/c13-9-4-5-11(19(14,17)18)10(7-9)15-12(16)6-8-2-1-3-8/h4-5,7-8H,1-3,6H2,(H,15,16)(H2,14,17,18). The first-order valence-electron chi connectivity index (χ1n) is 5.98. The van der Waals surface area contributed by atoms with Gasteiger partial charge in [-0.1, -0.05) is 6.42 Å². The fourth-order valence-corrected chi connectivity index (χ4v) is 2.68. The normalized spacial score (nSPS) is 15.9. The van der Waals surface area contributed by atoms with E-state index >= 15 is 0 Å². The molecule has 0 radical (unpaired) electrons. The third-order valence-electron chi connectivity index (χ3n) is 3.22. The van der Waals surface area contributed by atoms with Crippen LogP contribution in [0, 0.1) is 11.7 Å². The molecule has 1 amide bonds. The minimum Gasteiger partial charge on any atom is -0.325 e. The molecule has 5 nitrogen and oxygen atoms in total. The molecule has 1 aliphatic rings. The number of carbonyl (C=O) groups is 1. The van der Waals surface area contributed by atoms with E-state index in [0.29, 0.717) is 12.3 Å². The Balaban J connectivity index is 2.18. The SMILES string of the molecule is NS(=O)(=O)c1ccc(F)cc1NC(=O)CC1CCC1. The van der Waals surface area contributed by atoms with E-state index < -0.39 is 15.8 Å². The first-order chi connectivity index (χ1) is 8.86. The summed E-state index contributed by atoms with van der Waals surface area (Å²) in [6, 6.07) is 2.99. The van der Waals surface area contributed by atoms with Gasteiger partial charge in [0.1, 0.15) is 10.7 Å². The van der Waals surface area contributed by atoms with E-state index in [9.17, 15) is 17.6 Å². The number of nitrogens with one attached hydrogen (secondary N) is 1. The molecule has 1 saturated carbocycles. The van der Waals surface area contributed by atoms with Crippen LogP contribution in [0.3, 0.4) is 0 Å². The highest BCUT2D eigenvalue weighted by molar-refractivity contribution is 7.89. The van der Waals surface area contributed by atoms with Crippen LogP contribution in [0.5, 0.6) is 0 Å². The van der Waals surface area contributed by atoms with Gasteiger partial charge in [-0.15, -0.1) is 0 Å². The molecule has 0 saturated heterocycles. The number of anilines is 1. The quantitative estimate of drug-likeness (QED) is 0.881. The predicted octanol–water partition coefficient (Wildman–Crippen LogP) is 1.60. The van der Waals surface area contributed by atoms with Crippen molar-refractivity contribution in [3.05, 3.63) is 24.0 Å². The molecule has 3 N–H and O–H groups in total. The second-order valence-corrected chi connectivity index (χ2v) is 6.26. The second kappa shape index (κ2) is 5.26. The number of benzene rings is 1. The summed E-state index contributed by atoms with van der Waals surface area (Å²) in [5.74, 6) is -0.613. The van der Waals surface area contributed by atoms with E-state index in [1.54, 1.807) is 0 Å². The molecular formula is C12H15FN2O3S. The summed E-state index contributed by atoms with van der Waals surface area (Å²) < 4.78 is 35.8. The average Bonchev–Trinajstić information content (AvgIpc) is 2.22. The zero-order valence-corrected chi connectivity index (χ0v) is 11.0. The minimum atomic E-state index is -4.00. The number of rotatable bonds is 4. The van der Waals surface area contributed by atoms with E-state index in [0.717, 1.165) is 37.5 Å². The third kappa shape index (κ3) is 3.51. The lowest BCUT2D eigenvalue weighted by atomic mass is 9.83. The van der Waals surface area contributed by atoms with Crippen molar-refractivity contribution >= 4 is 21.6 Å². The van der Waals surface area contributed by atoms with E-state index in [1.807, 2.05) is 0 Å². The van der Waals surface area contributed by atoms with Crippen LogP contribution in [0.25, 0.3) is 0 Å². The van der Waals surface area contributed by atoms with Crippen molar-refractivity contribution in [3.8, 4) is 0 Å². The summed E-state index contributed by atoms with van der Waals surface area (Å²) in [6.07, 6.45) is 3.43. The number of nitrogens with two attached hydrogens (primary N) is 1. The molecule has 104 valence electrons. The summed E-state index contributed by atoms with van der Waals surface area (Å²) in [6.45, 7) is 0. The zero-order valence-electron chi connectivity index (χ0n) is 10.2. The molecule has 0 atom stereocenters. The smallest absolute Gasteiger partial charge is 0.240 e. The summed E-state index contributed by atoms with van der Waals surface area (Å²) in [4.78, 5) is 11.5. The molecule has 0 aromatic heterocycles. The van der Waals surface area contributed by atoms with E-state index in [2.05, 4.69) is 5.32 Å². The highest BCUT2D eigenvalue weighted by atomic mass is 32.2. The van der Waals surface area contributed by atoms with Crippen LogP contribution in [0.2, 0.25) is 0 Å². The summed E-state index contributed by atoms with van der Waals surface area (Å²) in [5, 5.41) is 7.44. The molecule has 19 heavy (non-hydrogen) atoms. The van der Waals surface area contributed by atoms with Gasteiger partial charge in [-0.3, -0.25) is 4.79 Å². The highest BCUT2D eigenvalue weighted by Crippen LogP contribution is 2.30. The Bertz CT molecular complexity index is 597. The number of halogens is 1. The van der Waals surface area contributed by atoms with Gasteiger partial charge in [0, 0.05) is 6.42 Å². The maximum absolute atomic E-state index is 13.1. The van der Waals surface area contributed by atoms with Crippen molar-refractivity contribution < 1.29 is 17.6 Å². The molecule has 0 aliphatic heterocycles. The van der Waals surface area contributed by atoms with Crippen LogP contribution >= 0.6 is 0 Å². The molecular weight excluding hydrogens is 271 g/mol. The molecule has 1 aromatic carbocycles. The fraction of sp³-hybridized carbons (Fsp3) is 0.417. The molecule has 0 unspecified atom stereocenters. The maximum Gasteiger partial charge on any atom is 0.240 e. The van der Waals surface area contributed by atoms with Crippen molar-refractivity contribution in [2.75, 3.05) is 5.32 Å². The van der Waals surface area contributed by atoms with Crippen molar-refractivity contribution in [1.82, 2.24) is 0 Å². The largest absolute Gasteiger partial charge is 0.325 e. The number of primary sulfonamides is 1. The predicted molar refractivity (Wildman–Crippen MR) is 68.4 cm³/mol.